The number of sulfone groups is 1. The summed E-state index contributed by atoms with van der Waals surface area (Å²) in [5, 5.41) is -0.0857. The highest BCUT2D eigenvalue weighted by molar-refractivity contribution is 7.92. The van der Waals surface area contributed by atoms with Crippen molar-refractivity contribution in [3.63, 3.8) is 0 Å². The van der Waals surface area contributed by atoms with E-state index in [0.29, 0.717) is 0 Å². The Labute approximate surface area is 111 Å². The maximum absolute atomic E-state index is 13.6. The molecule has 18 heavy (non-hydrogen) atoms. The van der Waals surface area contributed by atoms with E-state index in [9.17, 15) is 17.6 Å². The van der Waals surface area contributed by atoms with Crippen LogP contribution in [0, 0.1) is 5.82 Å². The lowest BCUT2D eigenvalue weighted by Gasteiger charge is -2.21. The van der Waals surface area contributed by atoms with Gasteiger partial charge in [-0.15, -0.1) is 0 Å². The SMILES string of the molecule is CC(C)(C(=O)Cc1cccc(Cl)c1F)S(C)(=O)=O. The topological polar surface area (TPSA) is 51.2 Å². The normalized spacial score (nSPS) is 12.5. The first kappa shape index (κ1) is 15.1. The predicted molar refractivity (Wildman–Crippen MR) is 69.0 cm³/mol. The van der Waals surface area contributed by atoms with Crippen molar-refractivity contribution in [1.29, 1.82) is 0 Å². The molecule has 0 radical (unpaired) electrons. The third-order valence-corrected chi connectivity index (χ3v) is 5.35. The minimum atomic E-state index is -3.55. The molecule has 3 nitrogen and oxygen atoms in total. The van der Waals surface area contributed by atoms with Gasteiger partial charge in [-0.3, -0.25) is 4.79 Å². The molecule has 0 saturated carbocycles. The van der Waals surface area contributed by atoms with Crippen molar-refractivity contribution in [2.45, 2.75) is 25.0 Å². The standard InChI is InChI=1S/C12H14ClFO3S/c1-12(2,18(3,16)17)10(15)7-8-5-4-6-9(13)11(8)14/h4-6H,7H2,1-3H3. The fourth-order valence-corrected chi connectivity index (χ4v) is 1.96. The molecule has 0 unspecified atom stereocenters. The van der Waals surface area contributed by atoms with Gasteiger partial charge in [-0.05, 0) is 25.5 Å². The van der Waals surface area contributed by atoms with E-state index in [1.165, 1.54) is 32.0 Å². The summed E-state index contributed by atoms with van der Waals surface area (Å²) in [6.45, 7) is 2.63. The van der Waals surface area contributed by atoms with E-state index in [4.69, 9.17) is 11.6 Å². The van der Waals surface area contributed by atoms with Crippen molar-refractivity contribution < 1.29 is 17.6 Å². The van der Waals surface area contributed by atoms with Gasteiger partial charge in [0.05, 0.1) is 5.02 Å². The van der Waals surface area contributed by atoms with Crippen molar-refractivity contribution in [3.05, 3.63) is 34.6 Å². The number of hydrogen-bond acceptors (Lipinski definition) is 3. The van der Waals surface area contributed by atoms with Crippen LogP contribution in [0.4, 0.5) is 4.39 Å². The van der Waals surface area contributed by atoms with Gasteiger partial charge < -0.3 is 0 Å². The summed E-state index contributed by atoms with van der Waals surface area (Å²) < 4.78 is 35.1. The molecule has 0 aliphatic heterocycles. The summed E-state index contributed by atoms with van der Waals surface area (Å²) in [7, 11) is -3.55. The lowest BCUT2D eigenvalue weighted by atomic mass is 10.00. The van der Waals surface area contributed by atoms with E-state index < -0.39 is 26.2 Å². The quantitative estimate of drug-likeness (QED) is 0.856. The first-order valence-corrected chi connectivity index (χ1v) is 7.50. The van der Waals surface area contributed by atoms with Crippen LogP contribution >= 0.6 is 11.6 Å². The van der Waals surface area contributed by atoms with Gasteiger partial charge in [0.15, 0.2) is 15.6 Å². The molecule has 0 aliphatic rings. The molecular formula is C12H14ClFO3S. The Kier molecular flexibility index (Phi) is 4.18. The molecule has 0 spiro atoms. The van der Waals surface area contributed by atoms with Crippen LogP contribution in [-0.2, 0) is 21.1 Å². The Bertz CT molecular complexity index is 579. The Hall–Kier alpha value is -0.940. The maximum atomic E-state index is 13.6. The van der Waals surface area contributed by atoms with Gasteiger partial charge in [-0.25, -0.2) is 12.8 Å². The molecule has 0 N–H and O–H groups in total. The Balaban J connectivity index is 3.06. The smallest absolute Gasteiger partial charge is 0.159 e. The van der Waals surface area contributed by atoms with E-state index in [1.807, 2.05) is 0 Å². The monoisotopic (exact) mass is 292 g/mol. The molecule has 1 aromatic rings. The highest BCUT2D eigenvalue weighted by atomic mass is 35.5. The van der Waals surface area contributed by atoms with Crippen molar-refractivity contribution in [1.82, 2.24) is 0 Å². The van der Waals surface area contributed by atoms with Crippen molar-refractivity contribution in [2.75, 3.05) is 6.26 Å². The summed E-state index contributed by atoms with van der Waals surface area (Å²) >= 11 is 5.60. The van der Waals surface area contributed by atoms with Crippen molar-refractivity contribution in [2.24, 2.45) is 0 Å². The minimum absolute atomic E-state index is 0.0857. The second-order valence-electron chi connectivity index (χ2n) is 4.60. The molecule has 0 fully saturated rings. The van der Waals surface area contributed by atoms with Crippen LogP contribution in [0.5, 0.6) is 0 Å². The van der Waals surface area contributed by atoms with Gasteiger partial charge in [0.2, 0.25) is 0 Å². The molecule has 0 atom stereocenters. The van der Waals surface area contributed by atoms with Crippen LogP contribution in [0.2, 0.25) is 5.02 Å². The molecule has 0 bridgehead atoms. The Morgan fingerprint density at radius 3 is 2.44 bits per heavy atom. The summed E-state index contributed by atoms with van der Waals surface area (Å²) in [4.78, 5) is 12.0. The Morgan fingerprint density at radius 2 is 1.94 bits per heavy atom. The zero-order valence-electron chi connectivity index (χ0n) is 10.3. The molecule has 0 aliphatic carbocycles. The zero-order chi connectivity index (χ0) is 14.1. The summed E-state index contributed by atoms with van der Waals surface area (Å²) in [5.74, 6) is -1.25. The van der Waals surface area contributed by atoms with Crippen LogP contribution in [0.3, 0.4) is 0 Å². The molecule has 0 heterocycles. The molecular weight excluding hydrogens is 279 g/mol. The number of hydrogen-bond donors (Lipinski definition) is 0. The van der Waals surface area contributed by atoms with Gasteiger partial charge in [0.25, 0.3) is 0 Å². The molecule has 1 aromatic carbocycles. The zero-order valence-corrected chi connectivity index (χ0v) is 11.9. The van der Waals surface area contributed by atoms with Crippen LogP contribution in [0.25, 0.3) is 0 Å². The van der Waals surface area contributed by atoms with Crippen LogP contribution in [0.15, 0.2) is 18.2 Å². The second-order valence-corrected chi connectivity index (χ2v) is 7.57. The van der Waals surface area contributed by atoms with Crippen LogP contribution in [-0.4, -0.2) is 25.2 Å². The number of ketones is 1. The molecule has 0 saturated heterocycles. The maximum Gasteiger partial charge on any atom is 0.159 e. The number of halogens is 2. The van der Waals surface area contributed by atoms with E-state index in [1.54, 1.807) is 0 Å². The molecule has 100 valence electrons. The summed E-state index contributed by atoms with van der Waals surface area (Å²) in [6.07, 6.45) is 0.686. The molecule has 1 rings (SSSR count). The van der Waals surface area contributed by atoms with E-state index in [-0.39, 0.29) is 17.0 Å². The van der Waals surface area contributed by atoms with E-state index >= 15 is 0 Å². The predicted octanol–water partition coefficient (Wildman–Crippen LogP) is 2.41. The average Bonchev–Trinajstić information content (AvgIpc) is 2.23. The van der Waals surface area contributed by atoms with Crippen LogP contribution in [0.1, 0.15) is 19.4 Å². The van der Waals surface area contributed by atoms with Crippen LogP contribution < -0.4 is 0 Å². The van der Waals surface area contributed by atoms with Gasteiger partial charge in [0.1, 0.15) is 10.6 Å². The highest BCUT2D eigenvalue weighted by Crippen LogP contribution is 2.23. The second kappa shape index (κ2) is 4.97. The fourth-order valence-electron chi connectivity index (χ4n) is 1.28. The molecule has 6 heteroatoms. The van der Waals surface area contributed by atoms with Gasteiger partial charge in [0, 0.05) is 12.7 Å². The van der Waals surface area contributed by atoms with Gasteiger partial charge >= 0.3 is 0 Å². The van der Waals surface area contributed by atoms with Crippen molar-refractivity contribution >= 4 is 27.2 Å². The number of benzene rings is 1. The Morgan fingerprint density at radius 1 is 1.39 bits per heavy atom. The summed E-state index contributed by atoms with van der Waals surface area (Å²) in [5.41, 5.74) is 0.101. The highest BCUT2D eigenvalue weighted by Gasteiger charge is 2.38. The van der Waals surface area contributed by atoms with Crippen molar-refractivity contribution in [3.8, 4) is 0 Å². The van der Waals surface area contributed by atoms with E-state index in [0.717, 1.165) is 6.26 Å². The third kappa shape index (κ3) is 2.90. The van der Waals surface area contributed by atoms with E-state index in [2.05, 4.69) is 0 Å². The van der Waals surface area contributed by atoms with Gasteiger partial charge in [-0.1, -0.05) is 23.7 Å². The molecule has 0 aromatic heterocycles. The first-order chi connectivity index (χ1) is 8.07. The number of carbonyl (C=O) groups excluding carboxylic acids is 1. The lowest BCUT2D eigenvalue weighted by Crippen LogP contribution is -2.41. The average molecular weight is 293 g/mol. The third-order valence-electron chi connectivity index (χ3n) is 2.98. The minimum Gasteiger partial charge on any atom is -0.298 e. The first-order valence-electron chi connectivity index (χ1n) is 5.23. The summed E-state index contributed by atoms with van der Waals surface area (Å²) in [6, 6.07) is 4.30. The number of carbonyl (C=O) groups is 1. The number of Topliss-reactive ketones (excluding diaryl/α,β-unsaturated/α-hetero) is 1. The molecule has 0 amide bonds. The van der Waals surface area contributed by atoms with Gasteiger partial charge in [-0.2, -0.15) is 0 Å². The fraction of sp³-hybridized carbons (Fsp3) is 0.417. The lowest BCUT2D eigenvalue weighted by molar-refractivity contribution is -0.120. The largest absolute Gasteiger partial charge is 0.298 e. The number of rotatable bonds is 4.